The van der Waals surface area contributed by atoms with Crippen molar-refractivity contribution in [2.24, 2.45) is 5.92 Å². The van der Waals surface area contributed by atoms with Gasteiger partial charge < -0.3 is 15.3 Å². The molecule has 2 unspecified atom stereocenters. The van der Waals surface area contributed by atoms with Crippen LogP contribution in [0, 0.1) is 5.92 Å². The van der Waals surface area contributed by atoms with E-state index in [1.165, 1.54) is 52.0 Å². The normalized spacial score (nSPS) is 29.5. The van der Waals surface area contributed by atoms with Crippen molar-refractivity contribution in [1.29, 1.82) is 0 Å². The third kappa shape index (κ3) is 4.71. The van der Waals surface area contributed by atoms with Gasteiger partial charge in [-0.05, 0) is 45.2 Å². The van der Waals surface area contributed by atoms with E-state index >= 15 is 0 Å². The molecule has 0 aromatic heterocycles. The molecule has 19 heavy (non-hydrogen) atoms. The third-order valence-electron chi connectivity index (χ3n) is 4.63. The molecule has 0 aromatic rings. The molecule has 2 saturated heterocycles. The molecule has 0 spiro atoms. The monoisotopic (exact) mass is 269 g/mol. The average Bonchev–Trinajstić information content (AvgIpc) is 2.41. The molecule has 2 fully saturated rings. The fourth-order valence-electron chi connectivity index (χ4n) is 3.52. The SMILES string of the molecule is CCC1CN(CC2CCNCC2)CCN1CC(C)O. The van der Waals surface area contributed by atoms with Crippen LogP contribution in [-0.4, -0.2) is 72.9 Å². The maximum atomic E-state index is 9.58. The van der Waals surface area contributed by atoms with Gasteiger partial charge in [0.1, 0.15) is 0 Å². The Morgan fingerprint density at radius 3 is 2.63 bits per heavy atom. The lowest BCUT2D eigenvalue weighted by atomic mass is 9.96. The second kappa shape index (κ2) is 7.58. The molecule has 0 saturated carbocycles. The van der Waals surface area contributed by atoms with E-state index in [0.29, 0.717) is 6.04 Å². The molecule has 0 amide bonds. The summed E-state index contributed by atoms with van der Waals surface area (Å²) in [4.78, 5) is 5.13. The zero-order valence-corrected chi connectivity index (χ0v) is 12.6. The second-order valence-corrected chi connectivity index (χ2v) is 6.36. The van der Waals surface area contributed by atoms with E-state index in [-0.39, 0.29) is 6.10 Å². The number of β-amino-alcohol motifs (C(OH)–C–C–N with tert-alkyl or cyclic N) is 1. The van der Waals surface area contributed by atoms with Crippen LogP contribution >= 0.6 is 0 Å². The van der Waals surface area contributed by atoms with E-state index in [9.17, 15) is 5.11 Å². The van der Waals surface area contributed by atoms with Crippen LogP contribution in [0.5, 0.6) is 0 Å². The smallest absolute Gasteiger partial charge is 0.0639 e. The van der Waals surface area contributed by atoms with Crippen LogP contribution in [0.1, 0.15) is 33.1 Å². The highest BCUT2D eigenvalue weighted by molar-refractivity contribution is 4.84. The molecule has 0 radical (unpaired) electrons. The Kier molecular flexibility index (Phi) is 6.07. The molecule has 0 bridgehead atoms. The molecule has 2 aliphatic rings. The molecule has 2 rings (SSSR count). The summed E-state index contributed by atoms with van der Waals surface area (Å²) in [5.74, 6) is 0.891. The zero-order chi connectivity index (χ0) is 13.7. The summed E-state index contributed by atoms with van der Waals surface area (Å²) in [6, 6.07) is 0.630. The van der Waals surface area contributed by atoms with Gasteiger partial charge in [0.15, 0.2) is 0 Å². The highest BCUT2D eigenvalue weighted by Crippen LogP contribution is 2.18. The lowest BCUT2D eigenvalue weighted by molar-refractivity contribution is 0.0292. The maximum absolute atomic E-state index is 9.58. The van der Waals surface area contributed by atoms with Gasteiger partial charge in [-0.2, -0.15) is 0 Å². The van der Waals surface area contributed by atoms with Gasteiger partial charge in [0.2, 0.25) is 0 Å². The molecular formula is C15H31N3O. The molecule has 4 heteroatoms. The number of nitrogens with zero attached hydrogens (tertiary/aromatic N) is 2. The third-order valence-corrected chi connectivity index (χ3v) is 4.63. The Bertz CT molecular complexity index is 254. The first kappa shape index (κ1) is 15.2. The standard InChI is InChI=1S/C15H31N3O/c1-3-15-12-17(8-9-18(15)10-13(2)19)11-14-4-6-16-7-5-14/h13-16,19H,3-12H2,1-2H3. The first-order valence-electron chi connectivity index (χ1n) is 8.04. The quantitative estimate of drug-likeness (QED) is 0.773. The van der Waals surface area contributed by atoms with Gasteiger partial charge >= 0.3 is 0 Å². The fourth-order valence-corrected chi connectivity index (χ4v) is 3.52. The lowest BCUT2D eigenvalue weighted by Crippen LogP contribution is -2.55. The van der Waals surface area contributed by atoms with Crippen molar-refractivity contribution in [2.45, 2.75) is 45.3 Å². The minimum atomic E-state index is -0.204. The first-order valence-corrected chi connectivity index (χ1v) is 8.04. The van der Waals surface area contributed by atoms with Crippen LogP contribution < -0.4 is 5.32 Å². The Hall–Kier alpha value is -0.160. The van der Waals surface area contributed by atoms with Crippen LogP contribution in [0.2, 0.25) is 0 Å². The summed E-state index contributed by atoms with van der Waals surface area (Å²) < 4.78 is 0. The number of hydrogen-bond acceptors (Lipinski definition) is 4. The van der Waals surface area contributed by atoms with Gasteiger partial charge in [-0.1, -0.05) is 6.92 Å². The minimum absolute atomic E-state index is 0.204. The Morgan fingerprint density at radius 1 is 1.26 bits per heavy atom. The lowest BCUT2D eigenvalue weighted by Gasteiger charge is -2.43. The molecular weight excluding hydrogens is 238 g/mol. The summed E-state index contributed by atoms with van der Waals surface area (Å²) >= 11 is 0. The van der Waals surface area contributed by atoms with Crippen molar-refractivity contribution in [3.05, 3.63) is 0 Å². The van der Waals surface area contributed by atoms with Crippen molar-refractivity contribution < 1.29 is 5.11 Å². The van der Waals surface area contributed by atoms with Crippen LogP contribution in [0.25, 0.3) is 0 Å². The van der Waals surface area contributed by atoms with Crippen LogP contribution in [0.15, 0.2) is 0 Å². The van der Waals surface area contributed by atoms with Crippen molar-refractivity contribution in [3.8, 4) is 0 Å². The van der Waals surface area contributed by atoms with Gasteiger partial charge in [-0.3, -0.25) is 4.90 Å². The molecule has 2 atom stereocenters. The fraction of sp³-hybridized carbons (Fsp3) is 1.00. The molecule has 0 aliphatic carbocycles. The largest absolute Gasteiger partial charge is 0.392 e. The van der Waals surface area contributed by atoms with Crippen LogP contribution in [-0.2, 0) is 0 Å². The average molecular weight is 269 g/mol. The van der Waals surface area contributed by atoms with Crippen molar-refractivity contribution in [1.82, 2.24) is 15.1 Å². The molecule has 4 nitrogen and oxygen atoms in total. The molecule has 2 heterocycles. The maximum Gasteiger partial charge on any atom is 0.0639 e. The van der Waals surface area contributed by atoms with Crippen molar-refractivity contribution in [2.75, 3.05) is 45.8 Å². The van der Waals surface area contributed by atoms with E-state index in [2.05, 4.69) is 22.0 Å². The molecule has 2 aliphatic heterocycles. The number of hydrogen-bond donors (Lipinski definition) is 2. The Morgan fingerprint density at radius 2 is 2.00 bits per heavy atom. The van der Waals surface area contributed by atoms with E-state index in [1.54, 1.807) is 0 Å². The van der Waals surface area contributed by atoms with Gasteiger partial charge in [-0.15, -0.1) is 0 Å². The topological polar surface area (TPSA) is 38.7 Å². The van der Waals surface area contributed by atoms with Gasteiger partial charge in [0.05, 0.1) is 6.10 Å². The van der Waals surface area contributed by atoms with E-state index < -0.39 is 0 Å². The zero-order valence-electron chi connectivity index (χ0n) is 12.6. The van der Waals surface area contributed by atoms with Gasteiger partial charge in [-0.25, -0.2) is 0 Å². The van der Waals surface area contributed by atoms with Crippen molar-refractivity contribution in [3.63, 3.8) is 0 Å². The van der Waals surface area contributed by atoms with E-state index in [4.69, 9.17) is 0 Å². The van der Waals surface area contributed by atoms with Gasteiger partial charge in [0, 0.05) is 38.8 Å². The van der Waals surface area contributed by atoms with Gasteiger partial charge in [0.25, 0.3) is 0 Å². The van der Waals surface area contributed by atoms with E-state index in [0.717, 1.165) is 19.0 Å². The number of aliphatic hydroxyl groups is 1. The number of piperidine rings is 1. The number of rotatable bonds is 5. The summed E-state index contributed by atoms with van der Waals surface area (Å²) in [6.45, 7) is 12.2. The summed E-state index contributed by atoms with van der Waals surface area (Å²) in [5.41, 5.74) is 0. The van der Waals surface area contributed by atoms with Crippen LogP contribution in [0.3, 0.4) is 0 Å². The number of piperazine rings is 1. The predicted octanol–water partition coefficient (Wildman–Crippen LogP) is 0.763. The minimum Gasteiger partial charge on any atom is -0.392 e. The first-order chi connectivity index (χ1) is 9.19. The Labute approximate surface area is 118 Å². The summed E-state index contributed by atoms with van der Waals surface area (Å²) in [5, 5.41) is 13.0. The summed E-state index contributed by atoms with van der Waals surface area (Å²) in [7, 11) is 0. The number of aliphatic hydroxyl groups excluding tert-OH is 1. The Balaban J connectivity index is 1.78. The number of nitrogens with one attached hydrogen (secondary N) is 1. The highest BCUT2D eigenvalue weighted by atomic mass is 16.3. The molecule has 112 valence electrons. The highest BCUT2D eigenvalue weighted by Gasteiger charge is 2.27. The second-order valence-electron chi connectivity index (χ2n) is 6.36. The summed E-state index contributed by atoms with van der Waals surface area (Å²) in [6.07, 6.45) is 3.66. The molecule has 2 N–H and O–H groups in total. The molecule has 0 aromatic carbocycles. The van der Waals surface area contributed by atoms with Crippen LogP contribution in [0.4, 0.5) is 0 Å². The predicted molar refractivity (Wildman–Crippen MR) is 79.4 cm³/mol. The van der Waals surface area contributed by atoms with E-state index in [1.807, 2.05) is 6.92 Å². The van der Waals surface area contributed by atoms with Crippen molar-refractivity contribution >= 4 is 0 Å².